The van der Waals surface area contributed by atoms with E-state index in [9.17, 15) is 4.79 Å². The summed E-state index contributed by atoms with van der Waals surface area (Å²) in [4.78, 5) is 13.1. The van der Waals surface area contributed by atoms with E-state index in [4.69, 9.17) is 33.0 Å². The molecule has 1 saturated heterocycles. The molecule has 1 heterocycles. The van der Waals surface area contributed by atoms with Crippen molar-refractivity contribution in [2.24, 2.45) is 11.6 Å². The fourth-order valence-corrected chi connectivity index (χ4v) is 2.49. The molecule has 0 radical (unpaired) electrons. The molecule has 7 nitrogen and oxygen atoms in total. The normalized spacial score (nSPS) is 16.9. The van der Waals surface area contributed by atoms with Crippen LogP contribution >= 0.6 is 11.6 Å². The van der Waals surface area contributed by atoms with E-state index in [0.717, 1.165) is 31.6 Å². The number of halogens is 1. The van der Waals surface area contributed by atoms with Crippen LogP contribution in [-0.4, -0.2) is 30.3 Å². The fourth-order valence-electron chi connectivity index (χ4n) is 2.36. The summed E-state index contributed by atoms with van der Waals surface area (Å²) >= 11 is 5.88. The molecular weight excluding hydrogens is 308 g/mol. The van der Waals surface area contributed by atoms with Gasteiger partial charge in [-0.2, -0.15) is 0 Å². The summed E-state index contributed by atoms with van der Waals surface area (Å²) in [6.45, 7) is 1.58. The highest BCUT2D eigenvalue weighted by molar-refractivity contribution is 6.30. The van der Waals surface area contributed by atoms with Crippen molar-refractivity contribution >= 4 is 23.3 Å². The van der Waals surface area contributed by atoms with Gasteiger partial charge in [0.1, 0.15) is 6.10 Å². The molecule has 8 heteroatoms. The van der Waals surface area contributed by atoms with Crippen LogP contribution in [0.25, 0.3) is 0 Å². The Labute approximate surface area is 133 Å². The Morgan fingerprint density at radius 2 is 1.91 bits per heavy atom. The van der Waals surface area contributed by atoms with Crippen LogP contribution in [0.4, 0.5) is 5.69 Å². The quantitative estimate of drug-likeness (QED) is 0.276. The lowest BCUT2D eigenvalue weighted by Crippen LogP contribution is -2.38. The van der Waals surface area contributed by atoms with Crippen LogP contribution in [0.3, 0.4) is 0 Å². The SMILES string of the molecule is NN/C(C(=O)O)=C(\N)OC1CCN(c2ccc(Cl)cc2)CC1. The van der Waals surface area contributed by atoms with Crippen molar-refractivity contribution in [1.29, 1.82) is 0 Å². The number of carboxylic acid groups (broad SMARTS) is 1. The predicted octanol–water partition coefficient (Wildman–Crippen LogP) is 1.00. The third-order valence-electron chi connectivity index (χ3n) is 3.53. The van der Waals surface area contributed by atoms with Crippen molar-refractivity contribution in [2.75, 3.05) is 18.0 Å². The summed E-state index contributed by atoms with van der Waals surface area (Å²) in [5.74, 6) is 3.68. The fraction of sp³-hybridized carbons (Fsp3) is 0.357. The number of anilines is 1. The summed E-state index contributed by atoms with van der Waals surface area (Å²) in [5.41, 5.74) is 8.43. The number of piperidine rings is 1. The molecule has 0 aliphatic carbocycles. The molecule has 0 amide bonds. The molecule has 0 saturated carbocycles. The summed E-state index contributed by atoms with van der Waals surface area (Å²) in [7, 11) is 0. The van der Waals surface area contributed by atoms with E-state index in [1.54, 1.807) is 0 Å². The predicted molar refractivity (Wildman–Crippen MR) is 83.9 cm³/mol. The summed E-state index contributed by atoms with van der Waals surface area (Å²) in [5, 5.41) is 9.61. The van der Waals surface area contributed by atoms with Gasteiger partial charge in [0.25, 0.3) is 0 Å². The van der Waals surface area contributed by atoms with Crippen molar-refractivity contribution in [2.45, 2.75) is 18.9 Å². The molecule has 2 rings (SSSR count). The minimum Gasteiger partial charge on any atom is -0.476 e. The minimum atomic E-state index is -1.25. The van der Waals surface area contributed by atoms with Gasteiger partial charge in [-0.3, -0.25) is 5.84 Å². The topological polar surface area (TPSA) is 114 Å². The molecular formula is C14H19ClN4O3. The summed E-state index contributed by atoms with van der Waals surface area (Å²) < 4.78 is 5.50. The Hall–Kier alpha value is -2.12. The van der Waals surface area contributed by atoms with E-state index >= 15 is 0 Å². The van der Waals surface area contributed by atoms with Crippen LogP contribution in [0.2, 0.25) is 5.02 Å². The zero-order chi connectivity index (χ0) is 16.1. The van der Waals surface area contributed by atoms with Gasteiger partial charge in [0.15, 0.2) is 5.70 Å². The maximum atomic E-state index is 10.9. The number of rotatable bonds is 5. The molecule has 0 unspecified atom stereocenters. The Kier molecular flexibility index (Phi) is 5.35. The largest absolute Gasteiger partial charge is 0.476 e. The number of nitrogens with two attached hydrogens (primary N) is 2. The van der Waals surface area contributed by atoms with E-state index in [-0.39, 0.29) is 17.7 Å². The number of hydrogen-bond acceptors (Lipinski definition) is 6. The first-order chi connectivity index (χ1) is 10.5. The van der Waals surface area contributed by atoms with E-state index in [1.807, 2.05) is 29.7 Å². The molecule has 1 aliphatic rings. The zero-order valence-electron chi connectivity index (χ0n) is 12.0. The van der Waals surface area contributed by atoms with E-state index in [2.05, 4.69) is 4.90 Å². The first-order valence-corrected chi connectivity index (χ1v) is 7.26. The number of nitrogens with one attached hydrogen (secondary N) is 1. The highest BCUT2D eigenvalue weighted by atomic mass is 35.5. The van der Waals surface area contributed by atoms with Crippen LogP contribution in [0, 0.1) is 0 Å². The van der Waals surface area contributed by atoms with Crippen molar-refractivity contribution in [3.63, 3.8) is 0 Å². The van der Waals surface area contributed by atoms with Crippen LogP contribution in [0.5, 0.6) is 0 Å². The molecule has 120 valence electrons. The van der Waals surface area contributed by atoms with Crippen LogP contribution in [-0.2, 0) is 9.53 Å². The maximum Gasteiger partial charge on any atom is 0.358 e. The molecule has 1 aromatic rings. The number of hydrazine groups is 1. The number of carboxylic acids is 1. The van der Waals surface area contributed by atoms with Gasteiger partial charge < -0.3 is 25.9 Å². The van der Waals surface area contributed by atoms with E-state index < -0.39 is 5.97 Å². The average Bonchev–Trinajstić information content (AvgIpc) is 2.49. The lowest BCUT2D eigenvalue weighted by molar-refractivity contribution is -0.133. The molecule has 0 aromatic heterocycles. The Morgan fingerprint density at radius 1 is 1.32 bits per heavy atom. The van der Waals surface area contributed by atoms with Crippen LogP contribution < -0.4 is 21.9 Å². The molecule has 1 aliphatic heterocycles. The van der Waals surface area contributed by atoms with Crippen molar-refractivity contribution < 1.29 is 14.6 Å². The Balaban J connectivity index is 1.92. The molecule has 0 spiro atoms. The van der Waals surface area contributed by atoms with Crippen LogP contribution in [0.15, 0.2) is 35.8 Å². The smallest absolute Gasteiger partial charge is 0.358 e. The van der Waals surface area contributed by atoms with Crippen molar-refractivity contribution in [3.8, 4) is 0 Å². The third-order valence-corrected chi connectivity index (χ3v) is 3.78. The van der Waals surface area contributed by atoms with Crippen molar-refractivity contribution in [1.82, 2.24) is 5.43 Å². The molecule has 6 N–H and O–H groups in total. The van der Waals surface area contributed by atoms with E-state index in [1.165, 1.54) is 0 Å². The zero-order valence-corrected chi connectivity index (χ0v) is 12.7. The molecule has 22 heavy (non-hydrogen) atoms. The van der Waals surface area contributed by atoms with Gasteiger partial charge in [0, 0.05) is 36.6 Å². The summed E-state index contributed by atoms with van der Waals surface area (Å²) in [6, 6.07) is 7.65. The number of ether oxygens (including phenoxy) is 1. The Bertz CT molecular complexity index is 554. The first-order valence-electron chi connectivity index (χ1n) is 6.88. The number of aliphatic carboxylic acids is 1. The maximum absolute atomic E-state index is 10.9. The summed E-state index contributed by atoms with van der Waals surface area (Å²) in [6.07, 6.45) is 1.34. The highest BCUT2D eigenvalue weighted by Gasteiger charge is 2.23. The second kappa shape index (κ2) is 7.24. The standard InChI is InChI=1S/C14H19ClN4O3/c15-9-1-3-10(4-2-9)19-7-5-11(6-8-19)22-13(16)12(18-17)14(20)21/h1-4,11,18H,5-8,16-17H2,(H,20,21)/b13-12+. The molecule has 0 bridgehead atoms. The monoisotopic (exact) mass is 326 g/mol. The average molecular weight is 327 g/mol. The van der Waals surface area contributed by atoms with Gasteiger partial charge in [0.2, 0.25) is 5.88 Å². The third kappa shape index (κ3) is 3.96. The van der Waals surface area contributed by atoms with Gasteiger partial charge in [-0.25, -0.2) is 4.79 Å². The molecule has 1 fully saturated rings. The van der Waals surface area contributed by atoms with E-state index in [0.29, 0.717) is 5.02 Å². The van der Waals surface area contributed by atoms with Gasteiger partial charge in [-0.05, 0) is 24.3 Å². The second-order valence-electron chi connectivity index (χ2n) is 4.97. The minimum absolute atomic E-state index is 0.133. The van der Waals surface area contributed by atoms with Crippen molar-refractivity contribution in [3.05, 3.63) is 40.9 Å². The van der Waals surface area contributed by atoms with Gasteiger partial charge >= 0.3 is 5.97 Å². The lowest BCUT2D eigenvalue weighted by atomic mass is 10.1. The number of benzene rings is 1. The second-order valence-corrected chi connectivity index (χ2v) is 5.41. The Morgan fingerprint density at radius 3 is 2.41 bits per heavy atom. The van der Waals surface area contributed by atoms with Gasteiger partial charge in [-0.15, -0.1) is 0 Å². The van der Waals surface area contributed by atoms with Gasteiger partial charge in [-0.1, -0.05) is 11.6 Å². The molecule has 1 aromatic carbocycles. The number of nitrogens with zero attached hydrogens (tertiary/aromatic N) is 1. The van der Waals surface area contributed by atoms with Gasteiger partial charge in [0.05, 0.1) is 0 Å². The first kappa shape index (κ1) is 16.3. The lowest BCUT2D eigenvalue weighted by Gasteiger charge is -2.33. The van der Waals surface area contributed by atoms with Crippen LogP contribution in [0.1, 0.15) is 12.8 Å². The highest BCUT2D eigenvalue weighted by Crippen LogP contribution is 2.23. The number of hydrogen-bond donors (Lipinski definition) is 4. The molecule has 0 atom stereocenters. The number of carbonyl (C=O) groups is 1.